The van der Waals surface area contributed by atoms with E-state index in [0.717, 1.165) is 10.9 Å². The standard InChI is InChI=1S/C18H21NO6.C16H19NO5.2CH4/c1-5-24-17(22)7-6-12-10(2)13-8-14(19(4)11(3)20)15(21)9-16(13)25-18(12)23;1-4-21-15(19)6-5-10-9(2)11-7-12(17-3)13(18)8-14(11)22-16(10)20;;/h8-9,21H,5-7H2,1-4H3;7-8,17-18H,4-6H2,1-3H3;2*1H4. The second-order valence-electron chi connectivity index (χ2n) is 10.6. The number of hydrogen-bond acceptors (Lipinski definition) is 12. The van der Waals surface area contributed by atoms with Crippen molar-refractivity contribution in [2.45, 2.75) is 75.2 Å². The molecular weight excluding hydrogens is 636 g/mol. The number of nitrogens with zero attached hydrogens (tertiary/aromatic N) is 1. The zero-order valence-electron chi connectivity index (χ0n) is 27.6. The number of aromatic hydroxyl groups is 2. The first-order valence-corrected chi connectivity index (χ1v) is 15.1. The molecule has 0 aliphatic carbocycles. The average molecular weight is 685 g/mol. The van der Waals surface area contributed by atoms with Crippen molar-refractivity contribution in [1.29, 1.82) is 0 Å². The molecule has 0 radical (unpaired) electrons. The highest BCUT2D eigenvalue weighted by Crippen LogP contribution is 2.34. The molecule has 0 unspecified atom stereocenters. The molecule has 4 rings (SSSR count). The van der Waals surface area contributed by atoms with Gasteiger partial charge >= 0.3 is 23.2 Å². The molecule has 0 bridgehead atoms. The number of ether oxygens (including phenoxy) is 2. The zero-order valence-corrected chi connectivity index (χ0v) is 27.6. The van der Waals surface area contributed by atoms with E-state index in [1.165, 1.54) is 24.0 Å². The van der Waals surface area contributed by atoms with Crippen LogP contribution in [-0.2, 0) is 36.7 Å². The molecule has 4 aromatic rings. The maximum absolute atomic E-state index is 12.2. The molecule has 0 saturated heterocycles. The second-order valence-corrected chi connectivity index (χ2v) is 10.6. The Balaban J connectivity index is 0.000000474. The lowest BCUT2D eigenvalue weighted by Gasteiger charge is -2.18. The number of fused-ring (bicyclic) bond motifs is 2. The fourth-order valence-corrected chi connectivity index (χ4v) is 4.97. The number of amides is 1. The molecule has 3 N–H and O–H groups in total. The van der Waals surface area contributed by atoms with Gasteiger partial charge in [-0.15, -0.1) is 0 Å². The summed E-state index contributed by atoms with van der Waals surface area (Å²) in [5, 5.41) is 24.1. The van der Waals surface area contributed by atoms with Crippen LogP contribution in [0.25, 0.3) is 21.9 Å². The summed E-state index contributed by atoms with van der Waals surface area (Å²) in [5.41, 5.74) is 2.57. The molecule has 268 valence electrons. The van der Waals surface area contributed by atoms with E-state index >= 15 is 0 Å². The van der Waals surface area contributed by atoms with Crippen LogP contribution >= 0.6 is 0 Å². The highest BCUT2D eigenvalue weighted by Gasteiger charge is 2.19. The highest BCUT2D eigenvalue weighted by atomic mass is 16.5. The summed E-state index contributed by atoms with van der Waals surface area (Å²) in [6.45, 7) is 8.97. The number of phenolic OH excluding ortho intramolecular Hbond substituents is 2. The van der Waals surface area contributed by atoms with Crippen LogP contribution in [-0.4, -0.2) is 55.4 Å². The van der Waals surface area contributed by atoms with Gasteiger partial charge in [0, 0.05) is 67.9 Å². The SMILES string of the molecule is C.C.CCOC(=O)CCc1c(C)c2cc(N(C)C(C)=O)c(O)cc2oc1=O.CCOC(=O)CCc1c(C)c2cc(NC)c(O)cc2oc1=O. The molecule has 13 heteroatoms. The molecule has 49 heavy (non-hydrogen) atoms. The van der Waals surface area contributed by atoms with Crippen molar-refractivity contribution in [1.82, 2.24) is 0 Å². The number of nitrogens with one attached hydrogen (secondary N) is 1. The molecule has 1 amide bonds. The summed E-state index contributed by atoms with van der Waals surface area (Å²) in [5.74, 6) is -1.12. The predicted octanol–water partition coefficient (Wildman–Crippen LogP) is 5.90. The smallest absolute Gasteiger partial charge is 0.339 e. The molecule has 0 spiro atoms. The maximum Gasteiger partial charge on any atom is 0.339 e. The third-order valence-electron chi connectivity index (χ3n) is 7.66. The Labute approximate surface area is 285 Å². The number of carbonyl (C=O) groups excluding carboxylic acids is 3. The Morgan fingerprint density at radius 3 is 1.61 bits per heavy atom. The Bertz CT molecular complexity index is 1930. The van der Waals surface area contributed by atoms with Crippen LogP contribution in [0.1, 0.15) is 70.7 Å². The summed E-state index contributed by atoms with van der Waals surface area (Å²) in [6, 6.07) is 6.04. The number of hydrogen-bond donors (Lipinski definition) is 3. The van der Waals surface area contributed by atoms with Gasteiger partial charge in [-0.2, -0.15) is 0 Å². The lowest BCUT2D eigenvalue weighted by Crippen LogP contribution is -2.23. The monoisotopic (exact) mass is 684 g/mol. The van der Waals surface area contributed by atoms with Crippen LogP contribution in [0.2, 0.25) is 0 Å². The molecular formula is C36H48N2O11. The summed E-state index contributed by atoms with van der Waals surface area (Å²) in [7, 11) is 3.23. The van der Waals surface area contributed by atoms with Gasteiger partial charge in [-0.25, -0.2) is 9.59 Å². The van der Waals surface area contributed by atoms with Crippen LogP contribution in [0.3, 0.4) is 0 Å². The van der Waals surface area contributed by atoms with Gasteiger partial charge in [-0.1, -0.05) is 14.9 Å². The average Bonchev–Trinajstić information content (AvgIpc) is 3.00. The number of rotatable bonds is 10. The van der Waals surface area contributed by atoms with Gasteiger partial charge in [0.1, 0.15) is 22.7 Å². The van der Waals surface area contributed by atoms with Gasteiger partial charge in [0.25, 0.3) is 0 Å². The Morgan fingerprint density at radius 2 is 1.20 bits per heavy atom. The highest BCUT2D eigenvalue weighted by molar-refractivity contribution is 5.97. The molecule has 0 fully saturated rings. The van der Waals surface area contributed by atoms with Crippen molar-refractivity contribution in [2.24, 2.45) is 0 Å². The molecule has 0 aliphatic heterocycles. The predicted molar refractivity (Wildman–Crippen MR) is 190 cm³/mol. The first kappa shape index (κ1) is 41.7. The van der Waals surface area contributed by atoms with Crippen LogP contribution in [0.15, 0.2) is 42.7 Å². The van der Waals surface area contributed by atoms with Gasteiger partial charge in [0.05, 0.1) is 24.6 Å². The van der Waals surface area contributed by atoms with Gasteiger partial charge in [0.2, 0.25) is 5.91 Å². The van der Waals surface area contributed by atoms with Crippen molar-refractivity contribution >= 4 is 51.2 Å². The number of anilines is 2. The fourth-order valence-electron chi connectivity index (χ4n) is 4.97. The van der Waals surface area contributed by atoms with Crippen LogP contribution in [0.4, 0.5) is 11.4 Å². The number of phenols is 2. The summed E-state index contributed by atoms with van der Waals surface area (Å²) >= 11 is 0. The third kappa shape index (κ3) is 9.84. The molecule has 2 heterocycles. The number of benzene rings is 2. The van der Waals surface area contributed by atoms with E-state index < -0.39 is 11.3 Å². The minimum atomic E-state index is -0.554. The van der Waals surface area contributed by atoms with E-state index in [9.17, 15) is 34.2 Å². The van der Waals surface area contributed by atoms with E-state index in [2.05, 4.69) is 5.32 Å². The van der Waals surface area contributed by atoms with Crippen molar-refractivity contribution < 1.29 is 42.9 Å². The van der Waals surface area contributed by atoms with Crippen molar-refractivity contribution in [2.75, 3.05) is 37.5 Å². The normalized spacial score (nSPS) is 10.3. The van der Waals surface area contributed by atoms with Crippen molar-refractivity contribution in [3.8, 4) is 11.5 Å². The minimum Gasteiger partial charge on any atom is -0.506 e. The second kappa shape index (κ2) is 18.3. The van der Waals surface area contributed by atoms with E-state index in [1.54, 1.807) is 53.9 Å². The number of carbonyl (C=O) groups is 3. The van der Waals surface area contributed by atoms with Gasteiger partial charge in [-0.05, 0) is 63.8 Å². The molecule has 0 atom stereocenters. The van der Waals surface area contributed by atoms with Gasteiger partial charge in [0.15, 0.2) is 0 Å². The molecule has 0 aliphatic rings. The van der Waals surface area contributed by atoms with Crippen molar-refractivity contribution in [3.05, 3.63) is 67.4 Å². The van der Waals surface area contributed by atoms with E-state index in [4.69, 9.17) is 18.3 Å². The Kier molecular flexibility index (Phi) is 15.6. The maximum atomic E-state index is 12.2. The van der Waals surface area contributed by atoms with Crippen LogP contribution < -0.4 is 21.5 Å². The molecule has 2 aromatic heterocycles. The molecule has 2 aromatic carbocycles. The minimum absolute atomic E-state index is 0. The van der Waals surface area contributed by atoms with Crippen molar-refractivity contribution in [3.63, 3.8) is 0 Å². The first-order chi connectivity index (χ1) is 22.2. The Morgan fingerprint density at radius 1 is 0.776 bits per heavy atom. The lowest BCUT2D eigenvalue weighted by atomic mass is 10.0. The first-order valence-electron chi connectivity index (χ1n) is 15.1. The number of esters is 2. The van der Waals surface area contributed by atoms with E-state index in [0.29, 0.717) is 45.6 Å². The largest absolute Gasteiger partial charge is 0.506 e. The quantitative estimate of drug-likeness (QED) is 0.102. The van der Waals surface area contributed by atoms with E-state index in [-0.39, 0.29) is 82.1 Å². The number of aryl methyl sites for hydroxylation is 2. The van der Waals surface area contributed by atoms with Crippen LogP contribution in [0.5, 0.6) is 11.5 Å². The van der Waals surface area contributed by atoms with Crippen LogP contribution in [0, 0.1) is 13.8 Å². The summed E-state index contributed by atoms with van der Waals surface area (Å²) < 4.78 is 20.3. The Hall–Kier alpha value is -5.33. The summed E-state index contributed by atoms with van der Waals surface area (Å²) in [6.07, 6.45) is 0.658. The summed E-state index contributed by atoms with van der Waals surface area (Å²) in [4.78, 5) is 60.1. The molecule has 0 saturated carbocycles. The topological polar surface area (TPSA) is 186 Å². The van der Waals surface area contributed by atoms with Gasteiger partial charge in [-0.3, -0.25) is 14.4 Å². The van der Waals surface area contributed by atoms with Gasteiger partial charge < -0.3 is 38.7 Å². The lowest BCUT2D eigenvalue weighted by molar-refractivity contribution is -0.144. The fraction of sp³-hybridized carbons (Fsp3) is 0.417. The third-order valence-corrected chi connectivity index (χ3v) is 7.66. The molecule has 13 nitrogen and oxygen atoms in total. The van der Waals surface area contributed by atoms with E-state index in [1.807, 2.05) is 0 Å². The zero-order chi connectivity index (χ0) is 35.0.